The highest BCUT2D eigenvalue weighted by Gasteiger charge is 2.26. The minimum absolute atomic E-state index is 0.224. The Balaban J connectivity index is 1.69. The molecule has 1 saturated heterocycles. The summed E-state index contributed by atoms with van der Waals surface area (Å²) in [5.74, 6) is -0.338. The number of aryl methyl sites for hydroxylation is 1. The highest BCUT2D eigenvalue weighted by molar-refractivity contribution is 5.81. The van der Waals surface area contributed by atoms with Gasteiger partial charge in [-0.3, -0.25) is 14.8 Å². The van der Waals surface area contributed by atoms with Gasteiger partial charge in [0, 0.05) is 32.4 Å². The molecule has 0 radical (unpaired) electrons. The monoisotopic (exact) mass is 313 g/mol. The zero-order valence-electron chi connectivity index (χ0n) is 13.4. The first-order chi connectivity index (χ1) is 11.1. The molecule has 2 heterocycles. The summed E-state index contributed by atoms with van der Waals surface area (Å²) in [6.07, 6.45) is 6.01. The zero-order valence-corrected chi connectivity index (χ0v) is 13.4. The molecule has 0 unspecified atom stereocenters. The number of hydrogen-bond acceptors (Lipinski definition) is 4. The van der Waals surface area contributed by atoms with Crippen molar-refractivity contribution in [2.45, 2.75) is 24.9 Å². The van der Waals surface area contributed by atoms with E-state index >= 15 is 0 Å². The molecule has 6 nitrogen and oxygen atoms in total. The first kappa shape index (κ1) is 15.6. The van der Waals surface area contributed by atoms with Gasteiger partial charge in [-0.2, -0.15) is 5.10 Å². The molecule has 1 aromatic carbocycles. The number of aromatic nitrogens is 2. The normalized spacial score (nSPS) is 19.5. The molecule has 0 spiro atoms. The number of benzene rings is 1. The van der Waals surface area contributed by atoms with Crippen molar-refractivity contribution in [1.29, 1.82) is 0 Å². The van der Waals surface area contributed by atoms with Gasteiger partial charge in [0.1, 0.15) is 6.04 Å². The summed E-state index contributed by atoms with van der Waals surface area (Å²) in [6, 6.07) is 9.43. The van der Waals surface area contributed by atoms with Gasteiger partial charge in [0.05, 0.1) is 11.9 Å². The minimum atomic E-state index is -0.449. The van der Waals surface area contributed by atoms with Crippen molar-refractivity contribution >= 4 is 11.6 Å². The molecule has 2 atom stereocenters. The van der Waals surface area contributed by atoms with Crippen molar-refractivity contribution < 1.29 is 4.79 Å². The predicted molar refractivity (Wildman–Crippen MR) is 90.0 cm³/mol. The standard InChI is InChI=1S/C17H23N5O/c1-21-12-15(10-19-21)22-9-5-8-14(11-22)20-16(17(18)23)13-6-3-2-4-7-13/h2-4,6-7,10,12,14,16,20H,5,8-9,11H2,1H3,(H2,18,23)/t14-,16-/m1/s1. The van der Waals surface area contributed by atoms with Gasteiger partial charge in [0.15, 0.2) is 0 Å². The molecule has 3 rings (SSSR count). The average Bonchev–Trinajstić information content (AvgIpc) is 3.00. The van der Waals surface area contributed by atoms with Crippen LogP contribution in [0.2, 0.25) is 0 Å². The van der Waals surface area contributed by atoms with E-state index in [0.717, 1.165) is 37.2 Å². The lowest BCUT2D eigenvalue weighted by Gasteiger charge is -2.35. The first-order valence-corrected chi connectivity index (χ1v) is 7.97. The van der Waals surface area contributed by atoms with Gasteiger partial charge in [-0.15, -0.1) is 0 Å². The van der Waals surface area contributed by atoms with Gasteiger partial charge in [0.25, 0.3) is 0 Å². The van der Waals surface area contributed by atoms with Crippen LogP contribution in [0, 0.1) is 0 Å². The van der Waals surface area contributed by atoms with E-state index in [4.69, 9.17) is 5.73 Å². The van der Waals surface area contributed by atoms with E-state index in [1.807, 2.05) is 54.5 Å². The van der Waals surface area contributed by atoms with Crippen LogP contribution < -0.4 is 16.0 Å². The number of piperidine rings is 1. The quantitative estimate of drug-likeness (QED) is 0.870. The lowest BCUT2D eigenvalue weighted by molar-refractivity contribution is -0.120. The van der Waals surface area contributed by atoms with Crippen LogP contribution in [0.25, 0.3) is 0 Å². The van der Waals surface area contributed by atoms with E-state index in [2.05, 4.69) is 15.3 Å². The van der Waals surface area contributed by atoms with Crippen LogP contribution >= 0.6 is 0 Å². The summed E-state index contributed by atoms with van der Waals surface area (Å²) in [7, 11) is 1.92. The minimum Gasteiger partial charge on any atom is -0.368 e. The van der Waals surface area contributed by atoms with Gasteiger partial charge >= 0.3 is 0 Å². The van der Waals surface area contributed by atoms with Crippen LogP contribution in [0.5, 0.6) is 0 Å². The highest BCUT2D eigenvalue weighted by atomic mass is 16.1. The van der Waals surface area contributed by atoms with E-state index in [9.17, 15) is 4.79 Å². The molecule has 6 heteroatoms. The summed E-state index contributed by atoms with van der Waals surface area (Å²) in [6.45, 7) is 1.86. The Kier molecular flexibility index (Phi) is 4.62. The molecule has 0 saturated carbocycles. The summed E-state index contributed by atoms with van der Waals surface area (Å²) < 4.78 is 1.81. The van der Waals surface area contributed by atoms with E-state index < -0.39 is 6.04 Å². The number of amides is 1. The fourth-order valence-corrected chi connectivity index (χ4v) is 3.14. The van der Waals surface area contributed by atoms with Crippen molar-refractivity contribution in [3.05, 3.63) is 48.3 Å². The lowest BCUT2D eigenvalue weighted by Crippen LogP contribution is -2.49. The Labute approximate surface area is 136 Å². The molecule has 2 aromatic rings. The molecule has 23 heavy (non-hydrogen) atoms. The van der Waals surface area contributed by atoms with Crippen molar-refractivity contribution in [1.82, 2.24) is 15.1 Å². The summed E-state index contributed by atoms with van der Waals surface area (Å²) in [5, 5.41) is 7.67. The molecule has 0 aliphatic carbocycles. The smallest absolute Gasteiger partial charge is 0.239 e. The lowest BCUT2D eigenvalue weighted by atomic mass is 10.0. The molecule has 1 aliphatic heterocycles. The SMILES string of the molecule is Cn1cc(N2CCC[C@@H](N[C@@H](C(N)=O)c3ccccc3)C2)cn1. The van der Waals surface area contributed by atoms with E-state index in [0.29, 0.717) is 0 Å². The van der Waals surface area contributed by atoms with Crippen molar-refractivity contribution in [2.75, 3.05) is 18.0 Å². The fraction of sp³-hybridized carbons (Fsp3) is 0.412. The maximum atomic E-state index is 11.9. The second-order valence-electron chi connectivity index (χ2n) is 6.07. The Hall–Kier alpha value is -2.34. The van der Waals surface area contributed by atoms with Crippen LogP contribution in [0.1, 0.15) is 24.4 Å². The predicted octanol–water partition coefficient (Wildman–Crippen LogP) is 1.21. The van der Waals surface area contributed by atoms with Gasteiger partial charge < -0.3 is 10.6 Å². The molecule has 0 bridgehead atoms. The third kappa shape index (κ3) is 3.71. The van der Waals surface area contributed by atoms with Gasteiger partial charge in [0.2, 0.25) is 5.91 Å². The van der Waals surface area contributed by atoms with E-state index in [1.54, 1.807) is 0 Å². The molecule has 1 fully saturated rings. The number of rotatable bonds is 5. The van der Waals surface area contributed by atoms with Crippen LogP contribution in [-0.2, 0) is 11.8 Å². The number of nitrogens with zero attached hydrogens (tertiary/aromatic N) is 3. The maximum Gasteiger partial charge on any atom is 0.239 e. The Morgan fingerprint density at radius 3 is 2.83 bits per heavy atom. The Morgan fingerprint density at radius 1 is 1.39 bits per heavy atom. The maximum absolute atomic E-state index is 11.9. The number of hydrogen-bond donors (Lipinski definition) is 2. The third-order valence-corrected chi connectivity index (χ3v) is 4.30. The molecule has 3 N–H and O–H groups in total. The average molecular weight is 313 g/mol. The molecular weight excluding hydrogens is 290 g/mol. The summed E-state index contributed by atoms with van der Waals surface area (Å²) in [4.78, 5) is 14.2. The number of anilines is 1. The van der Waals surface area contributed by atoms with Crippen LogP contribution in [-0.4, -0.2) is 34.8 Å². The first-order valence-electron chi connectivity index (χ1n) is 7.97. The van der Waals surface area contributed by atoms with E-state index in [-0.39, 0.29) is 11.9 Å². The molecule has 1 amide bonds. The van der Waals surface area contributed by atoms with Crippen LogP contribution in [0.4, 0.5) is 5.69 Å². The molecular formula is C17H23N5O. The summed E-state index contributed by atoms with van der Waals surface area (Å²) >= 11 is 0. The largest absolute Gasteiger partial charge is 0.368 e. The Morgan fingerprint density at radius 2 is 2.17 bits per heavy atom. The fourth-order valence-electron chi connectivity index (χ4n) is 3.14. The van der Waals surface area contributed by atoms with Crippen molar-refractivity contribution in [3.63, 3.8) is 0 Å². The van der Waals surface area contributed by atoms with Gasteiger partial charge in [-0.25, -0.2) is 0 Å². The number of nitrogens with two attached hydrogens (primary N) is 1. The second-order valence-corrected chi connectivity index (χ2v) is 6.07. The Bertz CT molecular complexity index is 654. The highest BCUT2D eigenvalue weighted by Crippen LogP contribution is 2.21. The number of primary amides is 1. The van der Waals surface area contributed by atoms with Crippen LogP contribution in [0.3, 0.4) is 0 Å². The molecule has 122 valence electrons. The summed E-state index contributed by atoms with van der Waals surface area (Å²) in [5.41, 5.74) is 7.64. The van der Waals surface area contributed by atoms with Crippen LogP contribution in [0.15, 0.2) is 42.7 Å². The van der Waals surface area contributed by atoms with Gasteiger partial charge in [-0.05, 0) is 18.4 Å². The topological polar surface area (TPSA) is 76.2 Å². The number of nitrogens with one attached hydrogen (secondary N) is 1. The van der Waals surface area contributed by atoms with E-state index in [1.165, 1.54) is 0 Å². The second kappa shape index (κ2) is 6.83. The van der Waals surface area contributed by atoms with Gasteiger partial charge in [-0.1, -0.05) is 30.3 Å². The number of carbonyl (C=O) groups excluding carboxylic acids is 1. The number of carbonyl (C=O) groups is 1. The third-order valence-electron chi connectivity index (χ3n) is 4.30. The van der Waals surface area contributed by atoms with Crippen molar-refractivity contribution in [2.24, 2.45) is 12.8 Å². The van der Waals surface area contributed by atoms with Crippen molar-refractivity contribution in [3.8, 4) is 0 Å². The zero-order chi connectivity index (χ0) is 16.2. The molecule has 1 aromatic heterocycles. The molecule has 1 aliphatic rings.